The van der Waals surface area contributed by atoms with E-state index in [1.54, 1.807) is 0 Å². The third kappa shape index (κ3) is 3.19. The van der Waals surface area contributed by atoms with Crippen LogP contribution in [0, 0.1) is 0 Å². The van der Waals surface area contributed by atoms with Crippen molar-refractivity contribution in [2.24, 2.45) is 0 Å². The molecule has 0 aliphatic rings. The molecule has 0 aliphatic carbocycles. The summed E-state index contributed by atoms with van der Waals surface area (Å²) in [5, 5.41) is 12.3. The molecule has 0 saturated heterocycles. The molecule has 2 aromatic rings. The minimum atomic E-state index is -1.03. The summed E-state index contributed by atoms with van der Waals surface area (Å²) in [7, 11) is 0. The second-order valence-electron chi connectivity index (χ2n) is 4.56. The number of aromatic nitrogens is 1. The molecule has 0 aliphatic heterocycles. The molecule has 6 heteroatoms. The number of aryl methyl sites for hydroxylation is 1. The zero-order valence-corrected chi connectivity index (χ0v) is 12.6. The molecule has 1 aromatic heterocycles. The molecule has 1 atom stereocenters. The van der Waals surface area contributed by atoms with Crippen LogP contribution < -0.4 is 5.32 Å². The molecular weight excluding hydrogens is 324 g/mol. The summed E-state index contributed by atoms with van der Waals surface area (Å²) in [5.74, 6) is -1.30. The molecule has 1 amide bonds. The molecule has 106 valence electrons. The molecule has 0 radical (unpaired) electrons. The minimum absolute atomic E-state index is 0.244. The molecule has 2 N–H and O–H groups in total. The average Bonchev–Trinajstić information content (AvgIpc) is 2.81. The number of hydrogen-bond donors (Lipinski definition) is 2. The van der Waals surface area contributed by atoms with Crippen LogP contribution in [0.4, 0.5) is 0 Å². The summed E-state index contributed by atoms with van der Waals surface area (Å²) < 4.78 is 2.99. The van der Waals surface area contributed by atoms with Gasteiger partial charge in [0.1, 0.15) is 6.04 Å². The van der Waals surface area contributed by atoms with Gasteiger partial charge in [0.05, 0.1) is 0 Å². The summed E-state index contributed by atoms with van der Waals surface area (Å²) in [6.45, 7) is 1.96. The van der Waals surface area contributed by atoms with Crippen LogP contribution in [-0.2, 0) is 16.1 Å². The van der Waals surface area contributed by atoms with E-state index < -0.39 is 12.0 Å². The zero-order chi connectivity index (χ0) is 14.7. The van der Waals surface area contributed by atoms with Gasteiger partial charge in [0.25, 0.3) is 0 Å². The highest BCUT2D eigenvalue weighted by Gasteiger charge is 2.14. The van der Waals surface area contributed by atoms with E-state index in [1.807, 2.05) is 35.0 Å². The highest BCUT2D eigenvalue weighted by molar-refractivity contribution is 9.10. The van der Waals surface area contributed by atoms with Crippen LogP contribution in [0.1, 0.15) is 13.3 Å². The molecule has 2 rings (SSSR count). The van der Waals surface area contributed by atoms with Crippen LogP contribution in [0.25, 0.3) is 10.9 Å². The monoisotopic (exact) mass is 338 g/mol. The number of carbonyl (C=O) groups is 2. The Balaban J connectivity index is 2.01. The first-order valence-electron chi connectivity index (χ1n) is 6.24. The van der Waals surface area contributed by atoms with Gasteiger partial charge in [0, 0.05) is 34.5 Å². The number of carboxylic acids is 1. The fourth-order valence-corrected chi connectivity index (χ4v) is 2.47. The molecule has 20 heavy (non-hydrogen) atoms. The van der Waals surface area contributed by atoms with Crippen molar-refractivity contribution in [1.29, 1.82) is 0 Å². The number of carboxylic acid groups (broad SMARTS) is 1. The van der Waals surface area contributed by atoms with Gasteiger partial charge < -0.3 is 15.0 Å². The molecule has 0 bridgehead atoms. The summed E-state index contributed by atoms with van der Waals surface area (Å²) in [5.41, 5.74) is 1.04. The molecular formula is C14H15BrN2O3. The molecule has 1 heterocycles. The Bertz CT molecular complexity index is 651. The maximum atomic E-state index is 11.7. The van der Waals surface area contributed by atoms with Crippen molar-refractivity contribution in [2.75, 3.05) is 0 Å². The quantitative estimate of drug-likeness (QED) is 0.879. The maximum absolute atomic E-state index is 11.7. The third-order valence-corrected chi connectivity index (χ3v) is 3.78. The Hall–Kier alpha value is -1.82. The number of nitrogens with one attached hydrogen (secondary N) is 1. The van der Waals surface area contributed by atoms with Gasteiger partial charge in [-0.05, 0) is 25.1 Å². The second kappa shape index (κ2) is 6.09. The number of nitrogens with zero attached hydrogens (tertiary/aromatic N) is 1. The van der Waals surface area contributed by atoms with E-state index in [1.165, 1.54) is 6.92 Å². The standard InChI is InChI=1S/C14H15BrN2O3/c1-9(14(19)20)16-13(18)6-8-17-7-5-10-11(15)3-2-4-12(10)17/h2-5,7,9H,6,8H2,1H3,(H,16,18)(H,19,20). The minimum Gasteiger partial charge on any atom is -0.480 e. The topological polar surface area (TPSA) is 71.3 Å². The number of hydrogen-bond acceptors (Lipinski definition) is 2. The lowest BCUT2D eigenvalue weighted by Crippen LogP contribution is -2.38. The molecule has 0 saturated carbocycles. The molecule has 1 unspecified atom stereocenters. The van der Waals surface area contributed by atoms with Gasteiger partial charge >= 0.3 is 5.97 Å². The largest absolute Gasteiger partial charge is 0.480 e. The Labute approximate surface area is 124 Å². The highest BCUT2D eigenvalue weighted by Crippen LogP contribution is 2.24. The van der Waals surface area contributed by atoms with Gasteiger partial charge in [-0.2, -0.15) is 0 Å². The Morgan fingerprint density at radius 2 is 2.15 bits per heavy atom. The van der Waals surface area contributed by atoms with Gasteiger partial charge in [0.15, 0.2) is 0 Å². The SMILES string of the molecule is CC(NC(=O)CCn1ccc2c(Br)cccc21)C(=O)O. The molecule has 0 fully saturated rings. The lowest BCUT2D eigenvalue weighted by molar-refractivity contribution is -0.141. The Morgan fingerprint density at radius 3 is 2.85 bits per heavy atom. The number of carbonyl (C=O) groups excluding carboxylic acids is 1. The van der Waals surface area contributed by atoms with Crippen molar-refractivity contribution < 1.29 is 14.7 Å². The predicted molar refractivity (Wildman–Crippen MR) is 79.5 cm³/mol. The predicted octanol–water partition coefficient (Wildman–Crippen LogP) is 2.38. The van der Waals surface area contributed by atoms with E-state index in [0.29, 0.717) is 6.54 Å². The smallest absolute Gasteiger partial charge is 0.325 e. The van der Waals surface area contributed by atoms with Crippen molar-refractivity contribution in [3.63, 3.8) is 0 Å². The van der Waals surface area contributed by atoms with Crippen LogP contribution in [0.15, 0.2) is 34.9 Å². The van der Waals surface area contributed by atoms with E-state index in [-0.39, 0.29) is 12.3 Å². The van der Waals surface area contributed by atoms with Crippen molar-refractivity contribution in [3.05, 3.63) is 34.9 Å². The van der Waals surface area contributed by atoms with Gasteiger partial charge in [0.2, 0.25) is 5.91 Å². The van der Waals surface area contributed by atoms with Crippen LogP contribution in [-0.4, -0.2) is 27.6 Å². The third-order valence-electron chi connectivity index (χ3n) is 3.09. The van der Waals surface area contributed by atoms with Gasteiger partial charge in [-0.25, -0.2) is 0 Å². The van der Waals surface area contributed by atoms with E-state index in [2.05, 4.69) is 21.2 Å². The fraction of sp³-hybridized carbons (Fsp3) is 0.286. The van der Waals surface area contributed by atoms with Crippen molar-refractivity contribution in [2.45, 2.75) is 25.9 Å². The van der Waals surface area contributed by atoms with Crippen LogP contribution >= 0.6 is 15.9 Å². The first kappa shape index (κ1) is 14.6. The second-order valence-corrected chi connectivity index (χ2v) is 5.41. The van der Waals surface area contributed by atoms with E-state index in [9.17, 15) is 9.59 Å². The van der Waals surface area contributed by atoms with E-state index in [0.717, 1.165) is 15.4 Å². The van der Waals surface area contributed by atoms with Crippen molar-refractivity contribution in [3.8, 4) is 0 Å². The lowest BCUT2D eigenvalue weighted by atomic mass is 10.2. The summed E-state index contributed by atoms with van der Waals surface area (Å²) in [6, 6.07) is 7.01. The van der Waals surface area contributed by atoms with Gasteiger partial charge in [-0.3, -0.25) is 9.59 Å². The first-order valence-corrected chi connectivity index (χ1v) is 7.04. The number of fused-ring (bicyclic) bond motifs is 1. The lowest BCUT2D eigenvalue weighted by Gasteiger charge is -2.10. The van der Waals surface area contributed by atoms with Crippen molar-refractivity contribution in [1.82, 2.24) is 9.88 Å². The van der Waals surface area contributed by atoms with E-state index >= 15 is 0 Å². The summed E-state index contributed by atoms with van der Waals surface area (Å²) in [6.07, 6.45) is 2.16. The highest BCUT2D eigenvalue weighted by atomic mass is 79.9. The average molecular weight is 339 g/mol. The van der Waals surface area contributed by atoms with Gasteiger partial charge in [-0.15, -0.1) is 0 Å². The summed E-state index contributed by atoms with van der Waals surface area (Å²) >= 11 is 3.48. The van der Waals surface area contributed by atoms with Gasteiger partial charge in [-0.1, -0.05) is 22.0 Å². The molecule has 1 aromatic carbocycles. The first-order chi connectivity index (χ1) is 9.49. The van der Waals surface area contributed by atoms with E-state index in [4.69, 9.17) is 5.11 Å². The Morgan fingerprint density at radius 1 is 1.40 bits per heavy atom. The number of amides is 1. The van der Waals surface area contributed by atoms with Crippen LogP contribution in [0.5, 0.6) is 0 Å². The fourth-order valence-electron chi connectivity index (χ4n) is 1.98. The van der Waals surface area contributed by atoms with Crippen LogP contribution in [0.3, 0.4) is 0 Å². The normalized spacial score (nSPS) is 12.3. The molecule has 0 spiro atoms. The molecule has 5 nitrogen and oxygen atoms in total. The number of benzene rings is 1. The number of halogens is 1. The number of rotatable bonds is 5. The zero-order valence-electron chi connectivity index (χ0n) is 11.0. The Kier molecular flexibility index (Phi) is 4.44. The van der Waals surface area contributed by atoms with Crippen LogP contribution in [0.2, 0.25) is 0 Å². The van der Waals surface area contributed by atoms with Crippen molar-refractivity contribution >= 4 is 38.7 Å². The summed E-state index contributed by atoms with van der Waals surface area (Å²) in [4.78, 5) is 22.3. The number of aliphatic carboxylic acids is 1. The maximum Gasteiger partial charge on any atom is 0.325 e.